The smallest absolute Gasteiger partial charge is 0.410 e. The number of β-amino-alcohol motifs (C(OH)–C–C–N with tert-alkyl or cyclic N) is 1. The van der Waals surface area contributed by atoms with Crippen LogP contribution in [-0.2, 0) is 9.47 Å². The molecule has 1 N–H and O–H groups in total. The van der Waals surface area contributed by atoms with E-state index in [1.165, 1.54) is 4.90 Å². The maximum Gasteiger partial charge on any atom is 0.410 e. The highest BCUT2D eigenvalue weighted by molar-refractivity contribution is 5.68. The van der Waals surface area contributed by atoms with Crippen molar-refractivity contribution in [2.24, 2.45) is 0 Å². The lowest BCUT2D eigenvalue weighted by Crippen LogP contribution is -2.57. The summed E-state index contributed by atoms with van der Waals surface area (Å²) in [7, 11) is 1.57. The fourth-order valence-electron chi connectivity index (χ4n) is 2.01. The Labute approximate surface area is 103 Å². The molecule has 0 saturated carbocycles. The molecule has 17 heavy (non-hydrogen) atoms. The molecule has 0 bridgehead atoms. The molecule has 5 heteroatoms. The number of carbonyl (C=O) groups excluding carboxylic acids is 1. The van der Waals surface area contributed by atoms with Crippen molar-refractivity contribution in [3.63, 3.8) is 0 Å². The van der Waals surface area contributed by atoms with Crippen molar-refractivity contribution in [2.45, 2.75) is 51.4 Å². The summed E-state index contributed by atoms with van der Waals surface area (Å²) in [5.74, 6) is 0. The number of nitrogens with zero attached hydrogens (tertiary/aromatic N) is 1. The van der Waals surface area contributed by atoms with Gasteiger partial charge in [0.05, 0.1) is 12.6 Å². The molecule has 1 rings (SSSR count). The van der Waals surface area contributed by atoms with Crippen LogP contribution in [0.4, 0.5) is 4.79 Å². The third-order valence-electron chi connectivity index (χ3n) is 2.80. The molecule has 2 atom stereocenters. The van der Waals surface area contributed by atoms with Gasteiger partial charge in [-0.2, -0.15) is 0 Å². The topological polar surface area (TPSA) is 59.0 Å². The molecule has 1 unspecified atom stereocenters. The van der Waals surface area contributed by atoms with Crippen molar-refractivity contribution >= 4 is 6.09 Å². The molecule has 0 spiro atoms. The summed E-state index contributed by atoms with van der Waals surface area (Å²) in [5.41, 5.74) is -1.54. The quantitative estimate of drug-likeness (QED) is 0.758. The van der Waals surface area contributed by atoms with Gasteiger partial charge in [0, 0.05) is 13.7 Å². The van der Waals surface area contributed by atoms with Crippen LogP contribution in [0.2, 0.25) is 0 Å². The minimum atomic E-state index is -1.02. The van der Waals surface area contributed by atoms with Gasteiger partial charge in [0.1, 0.15) is 11.2 Å². The zero-order valence-electron chi connectivity index (χ0n) is 11.3. The number of methoxy groups -OCH3 is 1. The molecule has 0 aromatic carbocycles. The Kier molecular flexibility index (Phi) is 4.04. The number of carbonyl (C=O) groups is 1. The van der Waals surface area contributed by atoms with Gasteiger partial charge in [0.15, 0.2) is 0 Å². The fourth-order valence-corrected chi connectivity index (χ4v) is 2.01. The summed E-state index contributed by atoms with van der Waals surface area (Å²) < 4.78 is 10.5. The van der Waals surface area contributed by atoms with Crippen molar-refractivity contribution in [3.8, 4) is 0 Å². The first kappa shape index (κ1) is 14.3. The highest BCUT2D eigenvalue weighted by atomic mass is 16.6. The summed E-state index contributed by atoms with van der Waals surface area (Å²) in [5, 5.41) is 10.2. The Hall–Kier alpha value is -0.810. The lowest BCUT2D eigenvalue weighted by molar-refractivity contribution is -0.123. The number of hydrogen-bond acceptors (Lipinski definition) is 4. The lowest BCUT2D eigenvalue weighted by Gasteiger charge is -2.42. The number of likely N-dealkylation sites (tertiary alicyclic amines) is 1. The number of ether oxygens (including phenoxy) is 2. The molecule has 5 nitrogen and oxygen atoms in total. The van der Waals surface area contributed by atoms with Crippen LogP contribution >= 0.6 is 0 Å². The van der Waals surface area contributed by atoms with Crippen LogP contribution in [0.5, 0.6) is 0 Å². The molecule has 0 aromatic heterocycles. The van der Waals surface area contributed by atoms with Crippen molar-refractivity contribution in [3.05, 3.63) is 0 Å². The third-order valence-corrected chi connectivity index (χ3v) is 2.80. The van der Waals surface area contributed by atoms with E-state index in [4.69, 9.17) is 9.47 Å². The van der Waals surface area contributed by atoms with Crippen LogP contribution in [-0.4, -0.2) is 53.6 Å². The van der Waals surface area contributed by atoms with Gasteiger partial charge in [0.2, 0.25) is 0 Å². The Morgan fingerprint density at radius 1 is 1.47 bits per heavy atom. The normalized spacial score (nSPS) is 30.2. The molecule has 1 heterocycles. The number of piperidine rings is 1. The molecule has 1 saturated heterocycles. The Morgan fingerprint density at radius 2 is 2.06 bits per heavy atom. The minimum Gasteiger partial charge on any atom is -0.444 e. The van der Waals surface area contributed by atoms with Gasteiger partial charge in [0.25, 0.3) is 0 Å². The van der Waals surface area contributed by atoms with E-state index in [1.54, 1.807) is 14.0 Å². The van der Waals surface area contributed by atoms with E-state index in [2.05, 4.69) is 0 Å². The first-order chi connectivity index (χ1) is 7.65. The summed E-state index contributed by atoms with van der Waals surface area (Å²) in [6.07, 6.45) is -0.00328. The predicted octanol–water partition coefficient (Wildman–Crippen LogP) is 1.39. The first-order valence-corrected chi connectivity index (χ1v) is 5.89. The molecule has 0 radical (unpaired) electrons. The molecular weight excluding hydrogens is 222 g/mol. The Bertz CT molecular complexity index is 283. The predicted molar refractivity (Wildman–Crippen MR) is 63.8 cm³/mol. The number of rotatable bonds is 1. The van der Waals surface area contributed by atoms with Crippen LogP contribution in [0.15, 0.2) is 0 Å². The van der Waals surface area contributed by atoms with E-state index in [0.29, 0.717) is 13.0 Å². The van der Waals surface area contributed by atoms with Crippen LogP contribution < -0.4 is 0 Å². The van der Waals surface area contributed by atoms with E-state index in [9.17, 15) is 9.90 Å². The van der Waals surface area contributed by atoms with Gasteiger partial charge in [-0.05, 0) is 34.1 Å². The van der Waals surface area contributed by atoms with Crippen molar-refractivity contribution in [2.75, 3.05) is 20.2 Å². The highest BCUT2D eigenvalue weighted by Crippen LogP contribution is 2.24. The molecular formula is C12H23NO4. The first-order valence-electron chi connectivity index (χ1n) is 5.89. The van der Waals surface area contributed by atoms with Crippen LogP contribution in [0.3, 0.4) is 0 Å². The third kappa shape index (κ3) is 3.85. The standard InChI is InChI=1S/C12H23NO4/c1-11(2,3)17-10(14)13-7-6-9(16-5)12(4,15)8-13/h9,15H,6-8H2,1-5H3/t9?,12-/m0/s1. The van der Waals surface area contributed by atoms with Gasteiger partial charge >= 0.3 is 6.09 Å². The number of aliphatic hydroxyl groups is 1. The van der Waals surface area contributed by atoms with Gasteiger partial charge < -0.3 is 19.5 Å². The van der Waals surface area contributed by atoms with Crippen LogP contribution in [0, 0.1) is 0 Å². The SMILES string of the molecule is COC1CCN(C(=O)OC(C)(C)C)C[C@]1(C)O. The molecule has 1 aliphatic heterocycles. The van der Waals surface area contributed by atoms with Gasteiger partial charge in [-0.1, -0.05) is 0 Å². The maximum atomic E-state index is 11.8. The second-order valence-corrected chi connectivity index (χ2v) is 5.77. The number of amides is 1. The second-order valence-electron chi connectivity index (χ2n) is 5.77. The van der Waals surface area contributed by atoms with Crippen LogP contribution in [0.1, 0.15) is 34.1 Å². The van der Waals surface area contributed by atoms with Gasteiger partial charge in [-0.25, -0.2) is 4.79 Å². The molecule has 0 aromatic rings. The van der Waals surface area contributed by atoms with Crippen molar-refractivity contribution in [1.29, 1.82) is 0 Å². The summed E-state index contributed by atoms with van der Waals surface area (Å²) >= 11 is 0. The van der Waals surface area contributed by atoms with E-state index >= 15 is 0 Å². The highest BCUT2D eigenvalue weighted by Gasteiger charge is 2.40. The average Bonchev–Trinajstić information content (AvgIpc) is 2.13. The maximum absolute atomic E-state index is 11.8. The zero-order valence-corrected chi connectivity index (χ0v) is 11.3. The number of hydrogen-bond donors (Lipinski definition) is 1. The largest absolute Gasteiger partial charge is 0.444 e. The van der Waals surface area contributed by atoms with Gasteiger partial charge in [-0.15, -0.1) is 0 Å². The molecule has 1 aliphatic rings. The Morgan fingerprint density at radius 3 is 2.47 bits per heavy atom. The average molecular weight is 245 g/mol. The molecule has 0 aliphatic carbocycles. The lowest BCUT2D eigenvalue weighted by atomic mass is 9.92. The van der Waals surface area contributed by atoms with Crippen molar-refractivity contribution < 1.29 is 19.4 Å². The molecule has 1 amide bonds. The summed E-state index contributed by atoms with van der Waals surface area (Å²) in [4.78, 5) is 13.4. The molecule has 1 fully saturated rings. The molecule has 100 valence electrons. The van der Waals surface area contributed by atoms with E-state index in [0.717, 1.165) is 0 Å². The van der Waals surface area contributed by atoms with E-state index in [1.807, 2.05) is 20.8 Å². The fraction of sp³-hybridized carbons (Fsp3) is 0.917. The van der Waals surface area contributed by atoms with E-state index in [-0.39, 0.29) is 18.7 Å². The van der Waals surface area contributed by atoms with E-state index < -0.39 is 11.2 Å². The van der Waals surface area contributed by atoms with Gasteiger partial charge in [-0.3, -0.25) is 0 Å². The Balaban J connectivity index is 2.62. The minimum absolute atomic E-state index is 0.235. The summed E-state index contributed by atoms with van der Waals surface area (Å²) in [6.45, 7) is 7.93. The van der Waals surface area contributed by atoms with Crippen molar-refractivity contribution in [1.82, 2.24) is 4.90 Å². The summed E-state index contributed by atoms with van der Waals surface area (Å²) in [6, 6.07) is 0. The van der Waals surface area contributed by atoms with Crippen LogP contribution in [0.25, 0.3) is 0 Å². The zero-order chi connectivity index (χ0) is 13.3. The second kappa shape index (κ2) is 4.82. The monoisotopic (exact) mass is 245 g/mol.